The molecule has 3 N–H and O–H groups in total. The Morgan fingerprint density at radius 3 is 2.23 bits per heavy atom. The van der Waals surface area contributed by atoms with Crippen LogP contribution in [0.25, 0.3) is 21.5 Å². The second kappa shape index (κ2) is 5.85. The van der Waals surface area contributed by atoms with Gasteiger partial charge in [0.05, 0.1) is 0 Å². The molecule has 0 aliphatic carbocycles. The van der Waals surface area contributed by atoms with Crippen molar-refractivity contribution in [1.29, 1.82) is 0 Å². The number of fused-ring (bicyclic) bond motifs is 2. The number of phenols is 3. The zero-order valence-corrected chi connectivity index (χ0v) is 14.4. The van der Waals surface area contributed by atoms with Crippen LogP contribution >= 0.6 is 0 Å². The van der Waals surface area contributed by atoms with Crippen LogP contribution in [0.15, 0.2) is 54.6 Å². The minimum atomic E-state index is 0.0928. The lowest BCUT2D eigenvalue weighted by atomic mass is 10.0. The molecule has 26 heavy (non-hydrogen) atoms. The van der Waals surface area contributed by atoms with E-state index in [1.54, 1.807) is 30.3 Å². The molecule has 4 heteroatoms. The maximum atomic E-state index is 10.3. The maximum Gasteiger partial charge on any atom is 0.134 e. The first-order chi connectivity index (χ1) is 12.4. The van der Waals surface area contributed by atoms with Crippen LogP contribution in [0.1, 0.15) is 11.1 Å². The Balaban J connectivity index is 1.83. The Morgan fingerprint density at radius 1 is 0.654 bits per heavy atom. The van der Waals surface area contributed by atoms with Crippen molar-refractivity contribution in [2.75, 3.05) is 0 Å². The van der Waals surface area contributed by atoms with Gasteiger partial charge >= 0.3 is 0 Å². The van der Waals surface area contributed by atoms with Crippen LogP contribution in [0.5, 0.6) is 28.7 Å². The predicted octanol–water partition coefficient (Wildman–Crippen LogP) is 5.52. The molecule has 0 heterocycles. The largest absolute Gasteiger partial charge is 0.508 e. The van der Waals surface area contributed by atoms with Crippen molar-refractivity contribution in [3.8, 4) is 28.7 Å². The van der Waals surface area contributed by atoms with Gasteiger partial charge < -0.3 is 20.1 Å². The van der Waals surface area contributed by atoms with Crippen molar-refractivity contribution in [2.45, 2.75) is 13.8 Å². The number of aryl methyl sites for hydroxylation is 2. The van der Waals surface area contributed by atoms with Gasteiger partial charge in [-0.05, 0) is 77.5 Å². The molecule has 4 aromatic carbocycles. The van der Waals surface area contributed by atoms with E-state index < -0.39 is 0 Å². The normalized spacial score (nSPS) is 11.2. The third kappa shape index (κ3) is 2.56. The first-order valence-electron chi connectivity index (χ1n) is 8.29. The Bertz CT molecular complexity index is 1160. The van der Waals surface area contributed by atoms with E-state index in [2.05, 4.69) is 0 Å². The van der Waals surface area contributed by atoms with Crippen molar-refractivity contribution >= 4 is 21.5 Å². The van der Waals surface area contributed by atoms with Gasteiger partial charge in [0.25, 0.3) is 0 Å². The summed E-state index contributed by atoms with van der Waals surface area (Å²) < 4.78 is 6.02. The molecule has 130 valence electrons. The predicted molar refractivity (Wildman–Crippen MR) is 102 cm³/mol. The molecule has 4 rings (SSSR count). The summed E-state index contributed by atoms with van der Waals surface area (Å²) in [5.41, 5.74) is 1.61. The Morgan fingerprint density at radius 2 is 1.42 bits per heavy atom. The van der Waals surface area contributed by atoms with E-state index in [1.807, 2.05) is 38.1 Å². The van der Waals surface area contributed by atoms with E-state index in [-0.39, 0.29) is 17.2 Å². The van der Waals surface area contributed by atoms with Crippen LogP contribution in [-0.4, -0.2) is 15.3 Å². The standard InChI is InChI=1S/C22H18O4/c1-12-18-10-16(6-3-14(18)4-8-20(12)24)26-22-11-21(25)17-7-5-15(23)9-19(17)13(22)2/h3-11,23-25H,1-2H3. The number of ether oxygens (including phenoxy) is 1. The Labute approximate surface area is 150 Å². The fraction of sp³-hybridized carbons (Fsp3) is 0.0909. The average Bonchev–Trinajstić information content (AvgIpc) is 2.63. The number of hydrogen-bond acceptors (Lipinski definition) is 4. The molecule has 0 atom stereocenters. The van der Waals surface area contributed by atoms with Gasteiger partial charge in [0.1, 0.15) is 28.7 Å². The van der Waals surface area contributed by atoms with Gasteiger partial charge in [-0.3, -0.25) is 0 Å². The van der Waals surface area contributed by atoms with Crippen molar-refractivity contribution in [2.24, 2.45) is 0 Å². The molecule has 0 radical (unpaired) electrons. The topological polar surface area (TPSA) is 69.9 Å². The minimum absolute atomic E-state index is 0.0928. The van der Waals surface area contributed by atoms with E-state index >= 15 is 0 Å². The minimum Gasteiger partial charge on any atom is -0.508 e. The van der Waals surface area contributed by atoms with E-state index in [1.165, 1.54) is 0 Å². The lowest BCUT2D eigenvalue weighted by Crippen LogP contribution is -1.90. The zero-order valence-electron chi connectivity index (χ0n) is 14.4. The lowest BCUT2D eigenvalue weighted by Gasteiger charge is -2.14. The highest BCUT2D eigenvalue weighted by atomic mass is 16.5. The molecule has 0 unspecified atom stereocenters. The zero-order chi connectivity index (χ0) is 18.4. The summed E-state index contributed by atoms with van der Waals surface area (Å²) in [6.45, 7) is 3.74. The number of aromatic hydroxyl groups is 3. The molecule has 4 nitrogen and oxygen atoms in total. The quantitative estimate of drug-likeness (QED) is 0.447. The van der Waals surface area contributed by atoms with Crippen LogP contribution in [0.2, 0.25) is 0 Å². The fourth-order valence-corrected chi connectivity index (χ4v) is 3.24. The summed E-state index contributed by atoms with van der Waals surface area (Å²) in [5.74, 6) is 1.58. The van der Waals surface area contributed by atoms with Gasteiger partial charge in [-0.25, -0.2) is 0 Å². The first-order valence-corrected chi connectivity index (χ1v) is 8.29. The van der Waals surface area contributed by atoms with Crippen LogP contribution in [0, 0.1) is 13.8 Å². The van der Waals surface area contributed by atoms with Crippen molar-refractivity contribution in [3.63, 3.8) is 0 Å². The van der Waals surface area contributed by atoms with Gasteiger partial charge in [0.2, 0.25) is 0 Å². The van der Waals surface area contributed by atoms with Crippen molar-refractivity contribution in [1.82, 2.24) is 0 Å². The average molecular weight is 346 g/mol. The molecule has 0 saturated carbocycles. The number of rotatable bonds is 2. The Hall–Kier alpha value is -3.40. The molecule has 4 aromatic rings. The summed E-state index contributed by atoms with van der Waals surface area (Å²) in [4.78, 5) is 0. The van der Waals surface area contributed by atoms with E-state index in [9.17, 15) is 15.3 Å². The SMILES string of the molecule is Cc1c(O)ccc2ccc(Oc3cc(O)c4ccc(O)cc4c3C)cc12. The summed E-state index contributed by atoms with van der Waals surface area (Å²) in [6, 6.07) is 15.6. The van der Waals surface area contributed by atoms with Gasteiger partial charge in [-0.1, -0.05) is 12.1 Å². The summed E-state index contributed by atoms with van der Waals surface area (Å²) in [5, 5.41) is 33.3. The molecule has 0 fully saturated rings. The van der Waals surface area contributed by atoms with Gasteiger partial charge in [-0.15, -0.1) is 0 Å². The third-order valence-corrected chi connectivity index (χ3v) is 4.78. The molecule has 0 spiro atoms. The molecular formula is C22H18O4. The fourth-order valence-electron chi connectivity index (χ4n) is 3.24. The van der Waals surface area contributed by atoms with Crippen molar-refractivity contribution in [3.05, 3.63) is 65.7 Å². The van der Waals surface area contributed by atoms with E-state index in [4.69, 9.17) is 4.74 Å². The molecule has 0 bridgehead atoms. The first kappa shape index (κ1) is 16.1. The maximum absolute atomic E-state index is 10.3. The Kier molecular flexibility index (Phi) is 3.62. The van der Waals surface area contributed by atoms with Crippen LogP contribution in [0.3, 0.4) is 0 Å². The lowest BCUT2D eigenvalue weighted by molar-refractivity contribution is 0.457. The number of phenolic OH excluding ortho intramolecular Hbond substituents is 3. The van der Waals surface area contributed by atoms with Gasteiger partial charge in [0, 0.05) is 11.5 Å². The molecule has 0 aliphatic rings. The molecule has 0 amide bonds. The van der Waals surface area contributed by atoms with Crippen LogP contribution in [0.4, 0.5) is 0 Å². The van der Waals surface area contributed by atoms with E-state index in [0.717, 1.165) is 27.3 Å². The van der Waals surface area contributed by atoms with Crippen LogP contribution in [-0.2, 0) is 0 Å². The van der Waals surface area contributed by atoms with Crippen LogP contribution < -0.4 is 4.74 Å². The molecular weight excluding hydrogens is 328 g/mol. The second-order valence-electron chi connectivity index (χ2n) is 6.44. The highest BCUT2D eigenvalue weighted by Crippen LogP contribution is 2.39. The summed E-state index contributed by atoms with van der Waals surface area (Å²) in [6.07, 6.45) is 0. The summed E-state index contributed by atoms with van der Waals surface area (Å²) in [7, 11) is 0. The smallest absolute Gasteiger partial charge is 0.134 e. The third-order valence-electron chi connectivity index (χ3n) is 4.78. The van der Waals surface area contributed by atoms with Crippen molar-refractivity contribution < 1.29 is 20.1 Å². The summed E-state index contributed by atoms with van der Waals surface area (Å²) >= 11 is 0. The van der Waals surface area contributed by atoms with Gasteiger partial charge in [-0.2, -0.15) is 0 Å². The highest BCUT2D eigenvalue weighted by Gasteiger charge is 2.12. The molecule has 0 aliphatic heterocycles. The monoisotopic (exact) mass is 346 g/mol. The molecule has 0 aromatic heterocycles. The van der Waals surface area contributed by atoms with E-state index in [0.29, 0.717) is 16.9 Å². The number of benzene rings is 4. The second-order valence-corrected chi connectivity index (χ2v) is 6.44. The molecule has 0 saturated heterocycles. The van der Waals surface area contributed by atoms with Gasteiger partial charge in [0.15, 0.2) is 0 Å². The highest BCUT2D eigenvalue weighted by molar-refractivity contribution is 5.94. The number of hydrogen-bond donors (Lipinski definition) is 3.